The Labute approximate surface area is 217 Å². The largest absolute Gasteiger partial charge is 0.506 e. The van der Waals surface area contributed by atoms with Crippen molar-refractivity contribution in [2.75, 3.05) is 14.2 Å². The number of fused-ring (bicyclic) bond motifs is 1. The topological polar surface area (TPSA) is 105 Å². The molecule has 1 heterocycles. The van der Waals surface area contributed by atoms with Gasteiger partial charge in [-0.15, -0.1) is 0 Å². The van der Waals surface area contributed by atoms with Gasteiger partial charge in [-0.2, -0.15) is 5.26 Å². The molecule has 0 spiro atoms. The van der Waals surface area contributed by atoms with Gasteiger partial charge < -0.3 is 24.3 Å². The van der Waals surface area contributed by atoms with E-state index in [-0.39, 0.29) is 34.3 Å². The summed E-state index contributed by atoms with van der Waals surface area (Å²) in [6.45, 7) is 3.76. The van der Waals surface area contributed by atoms with Crippen molar-refractivity contribution < 1.29 is 28.9 Å². The highest BCUT2D eigenvalue weighted by Gasteiger charge is 2.33. The smallest absolute Gasteiger partial charge is 0.339 e. The number of aromatic hydroxyl groups is 1. The number of ether oxygens (including phenoxy) is 2. The number of rotatable bonds is 7. The number of nitrogens with zero attached hydrogens (tertiary/aromatic N) is 2. The summed E-state index contributed by atoms with van der Waals surface area (Å²) in [5.74, 6) is -1.67. The minimum atomic E-state index is -1.15. The van der Waals surface area contributed by atoms with Crippen LogP contribution in [0.5, 0.6) is 17.2 Å². The van der Waals surface area contributed by atoms with E-state index in [1.165, 1.54) is 32.4 Å². The van der Waals surface area contributed by atoms with Crippen LogP contribution in [0.15, 0.2) is 48.5 Å². The number of phenols is 1. The zero-order valence-electron chi connectivity index (χ0n) is 20.6. The molecule has 0 radical (unpaired) electrons. The van der Waals surface area contributed by atoms with Gasteiger partial charge in [0, 0.05) is 51.3 Å². The van der Waals surface area contributed by atoms with Crippen molar-refractivity contribution in [3.05, 3.63) is 70.6 Å². The molecule has 4 aromatic rings. The lowest BCUT2D eigenvalue weighted by Gasteiger charge is -2.27. The minimum Gasteiger partial charge on any atom is -0.506 e. The van der Waals surface area contributed by atoms with Gasteiger partial charge in [0.05, 0.1) is 25.8 Å². The van der Waals surface area contributed by atoms with Crippen LogP contribution in [0, 0.1) is 17.1 Å². The maximum absolute atomic E-state index is 14.3. The van der Waals surface area contributed by atoms with Crippen LogP contribution in [-0.4, -0.2) is 35.0 Å². The van der Waals surface area contributed by atoms with Crippen LogP contribution in [0.2, 0.25) is 5.02 Å². The van der Waals surface area contributed by atoms with Gasteiger partial charge in [0.15, 0.2) is 11.6 Å². The molecule has 1 aromatic heterocycles. The molecule has 0 saturated heterocycles. The summed E-state index contributed by atoms with van der Waals surface area (Å²) in [6, 6.07) is 14.3. The Bertz CT molecular complexity index is 1590. The number of hydrogen-bond donors (Lipinski definition) is 2. The molecule has 9 heteroatoms. The van der Waals surface area contributed by atoms with Gasteiger partial charge in [-0.05, 0) is 35.9 Å². The number of carbonyl (C=O) groups is 1. The van der Waals surface area contributed by atoms with Crippen molar-refractivity contribution in [1.29, 1.82) is 5.26 Å². The number of nitriles is 1. The van der Waals surface area contributed by atoms with Crippen LogP contribution in [0.4, 0.5) is 4.39 Å². The number of halogens is 2. The van der Waals surface area contributed by atoms with Crippen molar-refractivity contribution >= 4 is 28.5 Å². The van der Waals surface area contributed by atoms with E-state index in [1.807, 2.05) is 13.8 Å². The van der Waals surface area contributed by atoms with Crippen molar-refractivity contribution in [1.82, 2.24) is 4.57 Å². The Hall–Kier alpha value is -4.22. The predicted molar refractivity (Wildman–Crippen MR) is 139 cm³/mol. The maximum Gasteiger partial charge on any atom is 0.339 e. The van der Waals surface area contributed by atoms with Gasteiger partial charge >= 0.3 is 5.97 Å². The molecule has 0 aliphatic heterocycles. The third-order valence-corrected chi connectivity index (χ3v) is 6.50. The Morgan fingerprint density at radius 2 is 1.81 bits per heavy atom. The second-order valence-electron chi connectivity index (χ2n) is 9.14. The second-order valence-corrected chi connectivity index (χ2v) is 9.57. The lowest BCUT2D eigenvalue weighted by atomic mass is 9.82. The zero-order valence-corrected chi connectivity index (χ0v) is 21.4. The molecule has 0 bridgehead atoms. The number of carboxylic acids is 1. The first-order valence-electron chi connectivity index (χ1n) is 11.2. The zero-order chi connectivity index (χ0) is 27.1. The molecule has 3 aromatic carbocycles. The Balaban J connectivity index is 2.23. The molecule has 190 valence electrons. The summed E-state index contributed by atoms with van der Waals surface area (Å²) in [5.41, 5.74) is 1.88. The van der Waals surface area contributed by atoms with E-state index in [9.17, 15) is 24.7 Å². The summed E-state index contributed by atoms with van der Waals surface area (Å²) in [7, 11) is 2.73. The summed E-state index contributed by atoms with van der Waals surface area (Å²) in [6.07, 6.45) is 0.105. The lowest BCUT2D eigenvalue weighted by Crippen LogP contribution is -2.22. The molecule has 4 rings (SSSR count). The van der Waals surface area contributed by atoms with E-state index in [2.05, 4.69) is 6.07 Å². The summed E-state index contributed by atoms with van der Waals surface area (Å²) >= 11 is 6.36. The lowest BCUT2D eigenvalue weighted by molar-refractivity contribution is 0.0693. The first-order valence-corrected chi connectivity index (χ1v) is 11.6. The van der Waals surface area contributed by atoms with E-state index in [1.54, 1.807) is 34.9 Å². The van der Waals surface area contributed by atoms with Gasteiger partial charge in [0.2, 0.25) is 0 Å². The van der Waals surface area contributed by atoms with Gasteiger partial charge in [0.25, 0.3) is 0 Å². The molecule has 0 aliphatic rings. The van der Waals surface area contributed by atoms with Gasteiger partial charge in [0.1, 0.15) is 17.1 Å². The quantitative estimate of drug-likeness (QED) is 0.280. The van der Waals surface area contributed by atoms with Gasteiger partial charge in [-0.25, -0.2) is 9.18 Å². The van der Waals surface area contributed by atoms with Crippen LogP contribution in [0.1, 0.15) is 36.3 Å². The van der Waals surface area contributed by atoms with E-state index < -0.39 is 17.2 Å². The third-order valence-electron chi connectivity index (χ3n) is 6.28. The Morgan fingerprint density at radius 3 is 2.43 bits per heavy atom. The SMILES string of the molecule is COc1cc(-c2c(C(C)(C)CC#N)n(-c3ccc(C(=O)O)c(OC)c3)c3c(O)cc(Cl)cc23)ccc1F. The standard InChI is InChI=1S/C28H24ClFN2O5/c1-28(2,9-10-31)26-24(15-5-8-20(30)23(11-15)37-4)19-12-16(29)13-21(33)25(19)32(26)17-6-7-18(27(34)35)22(14-17)36-3/h5-8,11-14,33H,9H2,1-4H3,(H,34,35). The number of aromatic carboxylic acids is 1. The predicted octanol–water partition coefficient (Wildman–Crippen LogP) is 6.70. The highest BCUT2D eigenvalue weighted by atomic mass is 35.5. The summed E-state index contributed by atoms with van der Waals surface area (Å²) in [4.78, 5) is 11.7. The van der Waals surface area contributed by atoms with E-state index in [0.29, 0.717) is 33.4 Å². The Kier molecular flexibility index (Phi) is 6.76. The molecule has 0 amide bonds. The highest BCUT2D eigenvalue weighted by molar-refractivity contribution is 6.32. The first-order chi connectivity index (χ1) is 17.5. The fraction of sp³-hybridized carbons (Fsp3) is 0.214. The molecule has 0 aliphatic carbocycles. The molecule has 37 heavy (non-hydrogen) atoms. The minimum absolute atomic E-state index is 0.0289. The number of methoxy groups -OCH3 is 2. The monoisotopic (exact) mass is 522 g/mol. The third kappa shape index (κ3) is 4.43. The first kappa shape index (κ1) is 25.9. The van der Waals surface area contributed by atoms with Gasteiger partial charge in [-0.3, -0.25) is 0 Å². The fourth-order valence-corrected chi connectivity index (χ4v) is 4.86. The van der Waals surface area contributed by atoms with Crippen molar-refractivity contribution in [3.8, 4) is 40.1 Å². The molecule has 0 unspecified atom stereocenters. The van der Waals surface area contributed by atoms with Crippen LogP contribution in [0.25, 0.3) is 27.7 Å². The average Bonchev–Trinajstić information content (AvgIpc) is 3.20. The van der Waals surface area contributed by atoms with Gasteiger partial charge in [-0.1, -0.05) is 31.5 Å². The van der Waals surface area contributed by atoms with Crippen molar-refractivity contribution in [3.63, 3.8) is 0 Å². The normalized spacial score (nSPS) is 11.4. The number of benzene rings is 3. The fourth-order valence-electron chi connectivity index (χ4n) is 4.65. The second kappa shape index (κ2) is 9.68. The maximum atomic E-state index is 14.3. The molecule has 0 fully saturated rings. The number of carboxylic acid groups (broad SMARTS) is 1. The number of aromatic nitrogens is 1. The van der Waals surface area contributed by atoms with E-state index >= 15 is 0 Å². The molecular weight excluding hydrogens is 499 g/mol. The van der Waals surface area contributed by atoms with Crippen LogP contribution < -0.4 is 9.47 Å². The molecule has 0 saturated carbocycles. The van der Waals surface area contributed by atoms with Crippen molar-refractivity contribution in [2.24, 2.45) is 0 Å². The summed E-state index contributed by atoms with van der Waals surface area (Å²) < 4.78 is 26.7. The molecule has 0 atom stereocenters. The van der Waals surface area contributed by atoms with Crippen LogP contribution >= 0.6 is 11.6 Å². The number of hydrogen-bond acceptors (Lipinski definition) is 5. The molecule has 2 N–H and O–H groups in total. The van der Waals surface area contributed by atoms with Crippen LogP contribution in [-0.2, 0) is 5.41 Å². The highest BCUT2D eigenvalue weighted by Crippen LogP contribution is 2.48. The molecule has 7 nitrogen and oxygen atoms in total. The van der Waals surface area contributed by atoms with Crippen molar-refractivity contribution in [2.45, 2.75) is 25.7 Å². The van der Waals surface area contributed by atoms with E-state index in [4.69, 9.17) is 21.1 Å². The Morgan fingerprint density at radius 1 is 1.11 bits per heavy atom. The number of phenolic OH excluding ortho intramolecular Hbond substituents is 1. The molecular formula is C28H24ClFN2O5. The summed E-state index contributed by atoms with van der Waals surface area (Å²) in [5, 5.41) is 31.2. The van der Waals surface area contributed by atoms with Crippen LogP contribution in [0.3, 0.4) is 0 Å². The van der Waals surface area contributed by atoms with E-state index in [0.717, 1.165) is 0 Å². The average molecular weight is 523 g/mol.